The van der Waals surface area contributed by atoms with Gasteiger partial charge in [0.15, 0.2) is 0 Å². The first kappa shape index (κ1) is 13.2. The molecule has 0 aromatic rings. The molecule has 1 saturated heterocycles. The van der Waals surface area contributed by atoms with Gasteiger partial charge in [-0.1, -0.05) is 26.0 Å². The first-order valence-corrected chi connectivity index (χ1v) is 6.24. The fourth-order valence-corrected chi connectivity index (χ4v) is 2.48. The summed E-state index contributed by atoms with van der Waals surface area (Å²) >= 11 is 0. The van der Waals surface area contributed by atoms with E-state index in [1.807, 2.05) is 20.8 Å². The minimum absolute atomic E-state index is 0.170. The van der Waals surface area contributed by atoms with Crippen LogP contribution in [0.1, 0.15) is 52.9 Å². The Bertz CT molecular complexity index is 194. The monoisotopic (exact) mass is 204 g/mol. The summed E-state index contributed by atoms with van der Waals surface area (Å²) in [7, 11) is 11.9. The van der Waals surface area contributed by atoms with Gasteiger partial charge in [-0.15, -0.1) is 0 Å². The maximum Gasteiger partial charge on any atom is 0.0684 e. The lowest BCUT2D eigenvalue weighted by atomic mass is 9.46. The molecule has 1 unspecified atom stereocenters. The zero-order valence-electron chi connectivity index (χ0n) is 10.4. The van der Waals surface area contributed by atoms with Gasteiger partial charge in [0.25, 0.3) is 0 Å². The van der Waals surface area contributed by atoms with Crippen LogP contribution in [0.3, 0.4) is 0 Å². The van der Waals surface area contributed by atoms with E-state index < -0.39 is 5.21 Å². The first-order valence-electron chi connectivity index (χ1n) is 6.24. The molecule has 15 heavy (non-hydrogen) atoms. The lowest BCUT2D eigenvalue weighted by Gasteiger charge is -2.50. The maximum atomic E-state index is 5.93. The molecule has 1 aliphatic carbocycles. The van der Waals surface area contributed by atoms with E-state index in [4.69, 9.17) is 20.4 Å². The number of hydrogen-bond acceptors (Lipinski definition) is 1. The van der Waals surface area contributed by atoms with Crippen LogP contribution in [0.5, 0.6) is 0 Å². The second-order valence-electron chi connectivity index (χ2n) is 4.94. The van der Waals surface area contributed by atoms with Gasteiger partial charge in [0.2, 0.25) is 0 Å². The molecule has 1 saturated carbocycles. The van der Waals surface area contributed by atoms with Crippen molar-refractivity contribution in [3.05, 3.63) is 0 Å². The molecule has 2 fully saturated rings. The SMILES string of the molecule is CC.[B]C([B])(C)C1CCOC2(CCC2)C1. The van der Waals surface area contributed by atoms with Gasteiger partial charge < -0.3 is 4.74 Å². The van der Waals surface area contributed by atoms with Crippen LogP contribution in [0, 0.1) is 5.92 Å². The largest absolute Gasteiger partial charge is 0.375 e. The fourth-order valence-electron chi connectivity index (χ4n) is 2.48. The minimum atomic E-state index is -0.521. The predicted molar refractivity (Wildman–Crippen MR) is 66.5 cm³/mol. The molecule has 3 heteroatoms. The second kappa shape index (κ2) is 4.95. The number of rotatable bonds is 1. The van der Waals surface area contributed by atoms with Crippen LogP contribution < -0.4 is 0 Å². The molecule has 1 spiro atoms. The molecule has 82 valence electrons. The summed E-state index contributed by atoms with van der Waals surface area (Å²) in [5.41, 5.74) is 0.170. The highest BCUT2D eigenvalue weighted by molar-refractivity contribution is 6.39. The van der Waals surface area contributed by atoms with Gasteiger partial charge in [-0.3, -0.25) is 0 Å². The van der Waals surface area contributed by atoms with Crippen molar-refractivity contribution in [2.75, 3.05) is 6.61 Å². The zero-order valence-corrected chi connectivity index (χ0v) is 10.4. The summed E-state index contributed by atoms with van der Waals surface area (Å²) in [5, 5.41) is -0.521. The number of ether oxygens (including phenoxy) is 1. The van der Waals surface area contributed by atoms with Gasteiger partial charge in [0, 0.05) is 6.61 Å². The second-order valence-corrected chi connectivity index (χ2v) is 4.94. The molecular formula is C12H22B2O. The highest BCUT2D eigenvalue weighted by Crippen LogP contribution is 2.48. The van der Waals surface area contributed by atoms with Crippen LogP contribution >= 0.6 is 0 Å². The van der Waals surface area contributed by atoms with Crippen molar-refractivity contribution in [1.82, 2.24) is 0 Å². The Kier molecular flexibility index (Phi) is 4.34. The van der Waals surface area contributed by atoms with Crippen LogP contribution in [-0.2, 0) is 4.74 Å². The molecule has 1 nitrogen and oxygen atoms in total. The third kappa shape index (κ3) is 3.03. The van der Waals surface area contributed by atoms with Crippen LogP contribution in [0.15, 0.2) is 0 Å². The average Bonchev–Trinajstić information content (AvgIpc) is 2.18. The van der Waals surface area contributed by atoms with Crippen molar-refractivity contribution in [1.29, 1.82) is 0 Å². The molecule has 2 rings (SSSR count). The van der Waals surface area contributed by atoms with E-state index in [0.29, 0.717) is 5.92 Å². The summed E-state index contributed by atoms with van der Waals surface area (Å²) in [6.07, 6.45) is 5.81. The Balaban J connectivity index is 0.000000531. The van der Waals surface area contributed by atoms with Gasteiger partial charge >= 0.3 is 0 Å². The van der Waals surface area contributed by atoms with E-state index in [9.17, 15) is 0 Å². The summed E-state index contributed by atoms with van der Waals surface area (Å²) in [4.78, 5) is 0. The molecule has 0 N–H and O–H groups in total. The molecule has 0 amide bonds. The Hall–Kier alpha value is 0.0899. The Morgan fingerprint density at radius 3 is 2.27 bits per heavy atom. The van der Waals surface area contributed by atoms with Crippen molar-refractivity contribution in [3.63, 3.8) is 0 Å². The predicted octanol–water partition coefficient (Wildman–Crippen LogP) is 2.84. The van der Waals surface area contributed by atoms with Crippen LogP contribution in [0.2, 0.25) is 5.21 Å². The van der Waals surface area contributed by atoms with E-state index in [-0.39, 0.29) is 5.60 Å². The lowest BCUT2D eigenvalue weighted by molar-refractivity contribution is -0.144. The average molecular weight is 204 g/mol. The van der Waals surface area contributed by atoms with Gasteiger partial charge in [-0.2, -0.15) is 0 Å². The van der Waals surface area contributed by atoms with Gasteiger partial charge in [0.05, 0.1) is 21.3 Å². The Labute approximate surface area is 97.2 Å². The van der Waals surface area contributed by atoms with Crippen molar-refractivity contribution in [2.45, 2.75) is 63.7 Å². The summed E-state index contributed by atoms with van der Waals surface area (Å²) in [6.45, 7) is 6.77. The molecule has 1 heterocycles. The Morgan fingerprint density at radius 1 is 1.27 bits per heavy atom. The summed E-state index contributed by atoms with van der Waals surface area (Å²) in [5.74, 6) is 0.432. The van der Waals surface area contributed by atoms with Crippen molar-refractivity contribution in [3.8, 4) is 0 Å². The van der Waals surface area contributed by atoms with Crippen molar-refractivity contribution in [2.24, 2.45) is 5.92 Å². The van der Waals surface area contributed by atoms with Crippen molar-refractivity contribution >= 4 is 15.7 Å². The number of hydrogen-bond donors (Lipinski definition) is 0. The maximum absolute atomic E-state index is 5.93. The van der Waals surface area contributed by atoms with Gasteiger partial charge in [-0.25, -0.2) is 0 Å². The fraction of sp³-hybridized carbons (Fsp3) is 1.00. The highest BCUT2D eigenvalue weighted by Gasteiger charge is 2.44. The minimum Gasteiger partial charge on any atom is -0.375 e. The molecule has 0 bridgehead atoms. The molecule has 0 aromatic carbocycles. The topological polar surface area (TPSA) is 9.23 Å². The van der Waals surface area contributed by atoms with E-state index in [1.54, 1.807) is 0 Å². The standard InChI is InChI=1S/C10H16B2O.C2H6/c1-9(11,12)8-3-6-13-10(7-8)4-2-5-10;1-2/h8H,2-7H2,1H3;1-2H3. The smallest absolute Gasteiger partial charge is 0.0684 e. The molecular weight excluding hydrogens is 182 g/mol. The first-order chi connectivity index (χ1) is 7.02. The summed E-state index contributed by atoms with van der Waals surface area (Å²) < 4.78 is 5.82. The summed E-state index contributed by atoms with van der Waals surface area (Å²) in [6, 6.07) is 0. The van der Waals surface area contributed by atoms with Crippen LogP contribution in [-0.4, -0.2) is 27.9 Å². The molecule has 4 radical (unpaired) electrons. The highest BCUT2D eigenvalue weighted by atomic mass is 16.5. The van der Waals surface area contributed by atoms with E-state index in [2.05, 4.69) is 0 Å². The molecule has 1 atom stereocenters. The van der Waals surface area contributed by atoms with Crippen LogP contribution in [0.4, 0.5) is 0 Å². The normalized spacial score (nSPS) is 28.9. The third-order valence-electron chi connectivity index (χ3n) is 3.64. The quantitative estimate of drug-likeness (QED) is 0.596. The lowest BCUT2D eigenvalue weighted by Crippen LogP contribution is -2.47. The zero-order chi connectivity index (χ0) is 11.5. The molecule has 1 aliphatic heterocycles. The Morgan fingerprint density at radius 2 is 1.87 bits per heavy atom. The van der Waals surface area contributed by atoms with Crippen LogP contribution in [0.25, 0.3) is 0 Å². The van der Waals surface area contributed by atoms with E-state index >= 15 is 0 Å². The van der Waals surface area contributed by atoms with Gasteiger partial charge in [0.1, 0.15) is 0 Å². The van der Waals surface area contributed by atoms with Gasteiger partial charge in [-0.05, 0) is 38.0 Å². The van der Waals surface area contributed by atoms with Crippen molar-refractivity contribution < 1.29 is 4.74 Å². The molecule has 0 aromatic heterocycles. The third-order valence-corrected chi connectivity index (χ3v) is 3.64. The van der Waals surface area contributed by atoms with E-state index in [1.165, 1.54) is 19.3 Å². The molecule has 2 aliphatic rings. The van der Waals surface area contributed by atoms with E-state index in [0.717, 1.165) is 19.4 Å².